The average molecular weight is 296 g/mol. The summed E-state index contributed by atoms with van der Waals surface area (Å²) in [5, 5.41) is 4.74. The number of hydrogen-bond donors (Lipinski definition) is 1. The van der Waals surface area contributed by atoms with Crippen molar-refractivity contribution >= 4 is 11.3 Å². The lowest BCUT2D eigenvalue weighted by atomic mass is 9.91. The lowest BCUT2D eigenvalue weighted by Gasteiger charge is -2.18. The van der Waals surface area contributed by atoms with Gasteiger partial charge in [-0.1, -0.05) is 34.6 Å². The highest BCUT2D eigenvalue weighted by Gasteiger charge is 2.28. The second-order valence-electron chi connectivity index (χ2n) is 7.13. The van der Waals surface area contributed by atoms with Crippen LogP contribution in [0.25, 0.3) is 0 Å². The zero-order valence-corrected chi connectivity index (χ0v) is 14.4. The molecule has 114 valence electrons. The number of thiazole rings is 1. The highest BCUT2D eigenvalue weighted by atomic mass is 32.1. The van der Waals surface area contributed by atoms with Crippen molar-refractivity contribution in [1.82, 2.24) is 10.3 Å². The summed E-state index contributed by atoms with van der Waals surface area (Å²) >= 11 is 1.82. The lowest BCUT2D eigenvalue weighted by molar-refractivity contribution is 0.0642. The fourth-order valence-electron chi connectivity index (χ4n) is 2.38. The first kappa shape index (κ1) is 15.9. The molecule has 0 spiro atoms. The van der Waals surface area contributed by atoms with E-state index in [4.69, 9.17) is 9.72 Å². The minimum absolute atomic E-state index is 0.0879. The molecule has 0 amide bonds. The van der Waals surface area contributed by atoms with Crippen LogP contribution in [0.2, 0.25) is 0 Å². The van der Waals surface area contributed by atoms with Gasteiger partial charge in [0.2, 0.25) is 0 Å². The fourth-order valence-corrected chi connectivity index (χ4v) is 3.86. The molecular weight excluding hydrogens is 268 g/mol. The van der Waals surface area contributed by atoms with E-state index >= 15 is 0 Å². The molecule has 1 aliphatic rings. The van der Waals surface area contributed by atoms with E-state index in [1.807, 2.05) is 11.3 Å². The molecule has 0 aromatic carbocycles. The summed E-state index contributed by atoms with van der Waals surface area (Å²) in [5.41, 5.74) is 1.32. The van der Waals surface area contributed by atoms with Crippen LogP contribution in [-0.2, 0) is 16.7 Å². The topological polar surface area (TPSA) is 34.1 Å². The molecule has 1 unspecified atom stereocenters. The molecule has 0 radical (unpaired) electrons. The van der Waals surface area contributed by atoms with Crippen molar-refractivity contribution in [3.8, 4) is 0 Å². The summed E-state index contributed by atoms with van der Waals surface area (Å²) in [6.45, 7) is 12.0. The van der Waals surface area contributed by atoms with Crippen molar-refractivity contribution in [1.29, 1.82) is 0 Å². The minimum atomic E-state index is 0.0879. The molecule has 1 N–H and O–H groups in total. The Labute approximate surface area is 127 Å². The molecule has 1 aliphatic carbocycles. The van der Waals surface area contributed by atoms with Crippen molar-refractivity contribution in [3.63, 3.8) is 0 Å². The fraction of sp³-hybridized carbons (Fsp3) is 0.812. The second-order valence-corrected chi connectivity index (χ2v) is 8.24. The van der Waals surface area contributed by atoms with Gasteiger partial charge in [0.25, 0.3) is 0 Å². The Morgan fingerprint density at radius 1 is 1.35 bits per heavy atom. The van der Waals surface area contributed by atoms with E-state index in [2.05, 4.69) is 39.9 Å². The van der Waals surface area contributed by atoms with Gasteiger partial charge < -0.3 is 10.1 Å². The van der Waals surface area contributed by atoms with Gasteiger partial charge in [-0.05, 0) is 18.8 Å². The lowest BCUT2D eigenvalue weighted by Crippen LogP contribution is -2.20. The van der Waals surface area contributed by atoms with Crippen molar-refractivity contribution in [3.05, 3.63) is 15.6 Å². The normalized spacial score (nSPS) is 17.8. The van der Waals surface area contributed by atoms with Gasteiger partial charge in [0.15, 0.2) is 0 Å². The van der Waals surface area contributed by atoms with Crippen LogP contribution in [0.5, 0.6) is 0 Å². The number of rotatable bonds is 6. The van der Waals surface area contributed by atoms with Gasteiger partial charge >= 0.3 is 0 Å². The Bertz CT molecular complexity index is 444. The minimum Gasteiger partial charge on any atom is -0.374 e. The third-order valence-electron chi connectivity index (χ3n) is 3.66. The SMILES string of the molecule is COC(c1nc(C(C)(C)C)c(CNC2CC2)s1)C(C)C. The number of hydrogen-bond acceptors (Lipinski definition) is 4. The van der Waals surface area contributed by atoms with E-state index < -0.39 is 0 Å². The van der Waals surface area contributed by atoms with E-state index in [0.29, 0.717) is 5.92 Å². The van der Waals surface area contributed by atoms with Crippen LogP contribution in [0.1, 0.15) is 69.1 Å². The van der Waals surface area contributed by atoms with Gasteiger partial charge in [-0.15, -0.1) is 11.3 Å². The first-order chi connectivity index (χ1) is 9.32. The highest BCUT2D eigenvalue weighted by molar-refractivity contribution is 7.11. The van der Waals surface area contributed by atoms with Gasteiger partial charge in [0.05, 0.1) is 5.69 Å². The number of nitrogens with one attached hydrogen (secondary N) is 1. The summed E-state index contributed by atoms with van der Waals surface area (Å²) in [6.07, 6.45) is 2.75. The predicted molar refractivity (Wildman–Crippen MR) is 85.3 cm³/mol. The Hall–Kier alpha value is -0.450. The van der Waals surface area contributed by atoms with Crippen LogP contribution in [0.3, 0.4) is 0 Å². The summed E-state index contributed by atoms with van der Waals surface area (Å²) in [4.78, 5) is 6.30. The molecule has 3 nitrogen and oxygen atoms in total. The Morgan fingerprint density at radius 3 is 2.45 bits per heavy atom. The molecule has 0 saturated heterocycles. The third-order valence-corrected chi connectivity index (χ3v) is 4.77. The van der Waals surface area contributed by atoms with Gasteiger partial charge in [-0.2, -0.15) is 0 Å². The smallest absolute Gasteiger partial charge is 0.122 e. The van der Waals surface area contributed by atoms with Crippen LogP contribution >= 0.6 is 11.3 Å². The molecule has 2 rings (SSSR count). The van der Waals surface area contributed by atoms with E-state index in [1.54, 1.807) is 7.11 Å². The van der Waals surface area contributed by atoms with Crippen molar-refractivity contribution < 1.29 is 4.74 Å². The molecule has 1 aromatic rings. The standard InChI is InChI=1S/C16H28N2OS/c1-10(2)13(19-6)15-18-14(16(3,4)5)12(20-15)9-17-11-7-8-11/h10-11,13,17H,7-9H2,1-6H3. The van der Waals surface area contributed by atoms with Crippen LogP contribution in [-0.4, -0.2) is 18.1 Å². The zero-order chi connectivity index (χ0) is 14.9. The summed E-state index contributed by atoms with van der Waals surface area (Å²) in [7, 11) is 1.78. The van der Waals surface area contributed by atoms with Crippen LogP contribution in [0.15, 0.2) is 0 Å². The molecule has 1 aromatic heterocycles. The molecule has 1 atom stereocenters. The maximum absolute atomic E-state index is 5.64. The van der Waals surface area contributed by atoms with Gasteiger partial charge in [-0.25, -0.2) is 4.98 Å². The summed E-state index contributed by atoms with van der Waals surface area (Å²) in [5.74, 6) is 0.447. The van der Waals surface area contributed by atoms with Gasteiger partial charge in [-0.3, -0.25) is 0 Å². The van der Waals surface area contributed by atoms with E-state index in [1.165, 1.54) is 23.4 Å². The van der Waals surface area contributed by atoms with Crippen molar-refractivity contribution in [2.75, 3.05) is 7.11 Å². The number of aromatic nitrogens is 1. The Kier molecular flexibility index (Phi) is 4.88. The van der Waals surface area contributed by atoms with Crippen molar-refractivity contribution in [2.45, 2.75) is 71.6 Å². The van der Waals surface area contributed by atoms with Crippen molar-refractivity contribution in [2.24, 2.45) is 5.92 Å². The Morgan fingerprint density at radius 2 is 2.00 bits per heavy atom. The van der Waals surface area contributed by atoms with Gasteiger partial charge in [0.1, 0.15) is 11.1 Å². The molecule has 1 saturated carbocycles. The molecule has 0 bridgehead atoms. The molecule has 4 heteroatoms. The maximum atomic E-state index is 5.64. The number of methoxy groups -OCH3 is 1. The molecule has 1 fully saturated rings. The van der Waals surface area contributed by atoms with Crippen LogP contribution < -0.4 is 5.32 Å². The largest absolute Gasteiger partial charge is 0.374 e. The third kappa shape index (κ3) is 3.80. The summed E-state index contributed by atoms with van der Waals surface area (Å²) < 4.78 is 5.64. The van der Waals surface area contributed by atoms with Crippen LogP contribution in [0.4, 0.5) is 0 Å². The molecule has 20 heavy (non-hydrogen) atoms. The average Bonchev–Trinajstić information content (AvgIpc) is 3.06. The predicted octanol–water partition coefficient (Wildman–Crippen LogP) is 4.04. The first-order valence-electron chi connectivity index (χ1n) is 7.59. The van der Waals surface area contributed by atoms with E-state index in [9.17, 15) is 0 Å². The monoisotopic (exact) mass is 296 g/mol. The number of nitrogens with zero attached hydrogens (tertiary/aromatic N) is 1. The van der Waals surface area contributed by atoms with E-state index in [0.717, 1.165) is 17.6 Å². The summed E-state index contributed by atoms with van der Waals surface area (Å²) in [6, 6.07) is 0.733. The first-order valence-corrected chi connectivity index (χ1v) is 8.40. The molecular formula is C16H28N2OS. The quantitative estimate of drug-likeness (QED) is 0.860. The number of ether oxygens (including phenoxy) is 1. The maximum Gasteiger partial charge on any atom is 0.122 e. The Balaban J connectivity index is 2.25. The molecule has 0 aliphatic heterocycles. The second kappa shape index (κ2) is 6.12. The van der Waals surface area contributed by atoms with Crippen LogP contribution in [0, 0.1) is 5.92 Å². The van der Waals surface area contributed by atoms with E-state index in [-0.39, 0.29) is 11.5 Å². The zero-order valence-electron chi connectivity index (χ0n) is 13.6. The highest BCUT2D eigenvalue weighted by Crippen LogP contribution is 2.36. The molecule has 1 heterocycles. The van der Waals surface area contributed by atoms with Gasteiger partial charge in [0, 0.05) is 30.0 Å².